The van der Waals surface area contributed by atoms with Crippen LogP contribution in [0.2, 0.25) is 0 Å². The Morgan fingerprint density at radius 3 is 2.40 bits per heavy atom. The van der Waals surface area contributed by atoms with Gasteiger partial charge >= 0.3 is 12.2 Å². The Hall–Kier alpha value is -4.87. The van der Waals surface area contributed by atoms with Crippen LogP contribution in [0, 0.1) is 0 Å². The smallest absolute Gasteiger partial charge is 0.416 e. The summed E-state index contributed by atoms with van der Waals surface area (Å²) in [5.41, 5.74) is 1.37. The molecule has 35 heavy (non-hydrogen) atoms. The van der Waals surface area contributed by atoms with Crippen molar-refractivity contribution in [2.24, 2.45) is 0 Å². The molecular weight excluding hydrogens is 463 g/mol. The molecule has 0 unspecified atom stereocenters. The van der Waals surface area contributed by atoms with E-state index in [4.69, 9.17) is 4.74 Å². The van der Waals surface area contributed by atoms with Gasteiger partial charge in [-0.25, -0.2) is 9.78 Å². The molecule has 3 aromatic carbocycles. The van der Waals surface area contributed by atoms with Crippen molar-refractivity contribution in [2.75, 3.05) is 10.6 Å². The third kappa shape index (κ3) is 4.90. The second-order valence-electron chi connectivity index (χ2n) is 7.39. The number of carbonyl (C=O) groups excluding carboxylic acids is 1. The van der Waals surface area contributed by atoms with E-state index in [1.54, 1.807) is 36.7 Å². The monoisotopic (exact) mass is 479 g/mol. The summed E-state index contributed by atoms with van der Waals surface area (Å²) in [6, 6.07) is 14.2. The van der Waals surface area contributed by atoms with E-state index >= 15 is 0 Å². The number of ether oxygens (including phenoxy) is 1. The zero-order valence-electron chi connectivity index (χ0n) is 17.7. The number of carbonyl (C=O) groups is 1. The number of benzene rings is 3. The summed E-state index contributed by atoms with van der Waals surface area (Å²) in [6.45, 7) is 0. The second-order valence-corrected chi connectivity index (χ2v) is 7.39. The Balaban J connectivity index is 1.29. The molecular formula is C23H16F3N7O2. The van der Waals surface area contributed by atoms with Gasteiger partial charge in [0.2, 0.25) is 0 Å². The summed E-state index contributed by atoms with van der Waals surface area (Å²) < 4.78 is 46.8. The first-order valence-electron chi connectivity index (χ1n) is 10.2. The summed E-state index contributed by atoms with van der Waals surface area (Å²) in [5, 5.41) is 12.4. The van der Waals surface area contributed by atoms with Crippen LogP contribution in [0.5, 0.6) is 11.5 Å². The molecule has 12 heteroatoms. The van der Waals surface area contributed by atoms with E-state index in [2.05, 4.69) is 30.8 Å². The number of halogens is 3. The van der Waals surface area contributed by atoms with Gasteiger partial charge in [0, 0.05) is 11.8 Å². The Bertz CT molecular complexity index is 1480. The van der Waals surface area contributed by atoms with Crippen LogP contribution in [0.15, 0.2) is 79.6 Å². The normalized spacial score (nSPS) is 11.4. The van der Waals surface area contributed by atoms with E-state index in [0.29, 0.717) is 17.2 Å². The number of anilines is 2. The first kappa shape index (κ1) is 21.9. The number of hydrogen-bond donors (Lipinski definition) is 3. The molecule has 5 aromatic rings. The third-order valence-corrected chi connectivity index (χ3v) is 5.01. The van der Waals surface area contributed by atoms with Crippen LogP contribution < -0.4 is 15.4 Å². The van der Waals surface area contributed by atoms with E-state index in [1.165, 1.54) is 23.3 Å². The van der Waals surface area contributed by atoms with Crippen molar-refractivity contribution in [3.63, 3.8) is 0 Å². The van der Waals surface area contributed by atoms with E-state index in [1.807, 2.05) is 12.1 Å². The highest BCUT2D eigenvalue weighted by Gasteiger charge is 2.31. The molecule has 0 aliphatic rings. The lowest BCUT2D eigenvalue weighted by Crippen LogP contribution is -2.21. The highest BCUT2D eigenvalue weighted by Crippen LogP contribution is 2.33. The molecule has 2 aromatic heterocycles. The maximum Gasteiger partial charge on any atom is 0.416 e. The van der Waals surface area contributed by atoms with E-state index < -0.39 is 17.8 Å². The van der Waals surface area contributed by atoms with Crippen LogP contribution in [0.1, 0.15) is 5.56 Å². The lowest BCUT2D eigenvalue weighted by molar-refractivity contribution is -0.137. The molecule has 176 valence electrons. The zero-order valence-corrected chi connectivity index (χ0v) is 17.7. The number of urea groups is 1. The predicted octanol–water partition coefficient (Wildman–Crippen LogP) is 5.60. The number of imidazole rings is 1. The quantitative estimate of drug-likeness (QED) is 0.304. The number of alkyl halides is 3. The Morgan fingerprint density at radius 2 is 1.66 bits per heavy atom. The number of rotatable bonds is 5. The predicted molar refractivity (Wildman–Crippen MR) is 122 cm³/mol. The van der Waals surface area contributed by atoms with Gasteiger partial charge in [-0.1, -0.05) is 0 Å². The lowest BCUT2D eigenvalue weighted by Gasteiger charge is -2.15. The van der Waals surface area contributed by atoms with Crippen LogP contribution in [0.3, 0.4) is 0 Å². The largest absolute Gasteiger partial charge is 0.457 e. The molecule has 0 saturated carbocycles. The molecule has 2 heterocycles. The summed E-state index contributed by atoms with van der Waals surface area (Å²) >= 11 is 0. The summed E-state index contributed by atoms with van der Waals surface area (Å²) in [5.74, 6) is 1.13. The highest BCUT2D eigenvalue weighted by atomic mass is 19.4. The van der Waals surface area contributed by atoms with E-state index in [9.17, 15) is 18.0 Å². The number of amides is 2. The average molecular weight is 479 g/mol. The number of nitrogens with zero attached hydrogens (tertiary/aromatic N) is 4. The van der Waals surface area contributed by atoms with Crippen molar-refractivity contribution in [1.29, 1.82) is 0 Å². The van der Waals surface area contributed by atoms with E-state index in [0.717, 1.165) is 23.2 Å². The number of H-pyrrole nitrogens is 1. The summed E-state index contributed by atoms with van der Waals surface area (Å²) in [6.07, 6.45) is -0.353. The topological polar surface area (TPSA) is 110 Å². The first-order chi connectivity index (χ1) is 16.8. The lowest BCUT2D eigenvalue weighted by atomic mass is 10.1. The SMILES string of the molecule is O=C(Nc1ccc(Oc2ccc3nc[nH]c3c2)cc1)Nc1cc(C(F)(F)F)ccc1-n1cnnc1. The third-order valence-electron chi connectivity index (χ3n) is 5.01. The standard InChI is InChI=1S/C23H16F3N7O2/c24-23(25,26)14-1-8-21(33-12-29-30-13-33)20(9-14)32-22(34)31-15-2-4-16(5-3-15)35-17-6-7-18-19(10-17)28-11-27-18/h1-13H,(H,27,28)(H2,31,32,34). The molecule has 0 radical (unpaired) electrons. The van der Waals surface area contributed by atoms with Crippen molar-refractivity contribution in [3.05, 3.63) is 85.2 Å². The van der Waals surface area contributed by atoms with Gasteiger partial charge in [-0.15, -0.1) is 10.2 Å². The number of aromatic nitrogens is 5. The van der Waals surface area contributed by atoms with E-state index in [-0.39, 0.29) is 11.4 Å². The zero-order chi connectivity index (χ0) is 24.4. The molecule has 9 nitrogen and oxygen atoms in total. The van der Waals surface area contributed by atoms with Crippen LogP contribution in [-0.2, 0) is 6.18 Å². The maximum absolute atomic E-state index is 13.2. The van der Waals surface area contributed by atoms with Crippen molar-refractivity contribution in [1.82, 2.24) is 24.7 Å². The summed E-state index contributed by atoms with van der Waals surface area (Å²) in [7, 11) is 0. The molecule has 3 N–H and O–H groups in total. The van der Waals surface area contributed by atoms with Crippen molar-refractivity contribution >= 4 is 28.4 Å². The fraction of sp³-hybridized carbons (Fsp3) is 0.0435. The molecule has 0 atom stereocenters. The van der Waals surface area contributed by atoms with Gasteiger partial charge in [-0.2, -0.15) is 13.2 Å². The maximum atomic E-state index is 13.2. The van der Waals surface area contributed by atoms with Crippen LogP contribution in [0.4, 0.5) is 29.3 Å². The van der Waals surface area contributed by atoms with Gasteiger partial charge in [-0.05, 0) is 54.6 Å². The molecule has 0 bridgehead atoms. The molecule has 2 amide bonds. The van der Waals surface area contributed by atoms with Gasteiger partial charge in [0.05, 0.1) is 34.3 Å². The molecule has 0 fully saturated rings. The van der Waals surface area contributed by atoms with Crippen LogP contribution in [-0.4, -0.2) is 30.8 Å². The minimum atomic E-state index is -4.57. The van der Waals surface area contributed by atoms with Crippen molar-refractivity contribution in [3.8, 4) is 17.2 Å². The molecule has 5 rings (SSSR count). The highest BCUT2D eigenvalue weighted by molar-refractivity contribution is 6.01. The van der Waals surface area contributed by atoms with Gasteiger partial charge in [-0.3, -0.25) is 4.57 Å². The molecule has 0 spiro atoms. The Morgan fingerprint density at radius 1 is 0.914 bits per heavy atom. The van der Waals surface area contributed by atoms with Crippen molar-refractivity contribution in [2.45, 2.75) is 6.18 Å². The van der Waals surface area contributed by atoms with Gasteiger partial charge in [0.1, 0.15) is 24.2 Å². The molecule has 0 aliphatic carbocycles. The molecule has 0 saturated heterocycles. The summed E-state index contributed by atoms with van der Waals surface area (Å²) in [4.78, 5) is 19.7. The number of hydrogen-bond acceptors (Lipinski definition) is 5. The van der Waals surface area contributed by atoms with Crippen LogP contribution in [0.25, 0.3) is 16.7 Å². The van der Waals surface area contributed by atoms with Gasteiger partial charge in [0.15, 0.2) is 0 Å². The average Bonchev–Trinajstić information content (AvgIpc) is 3.52. The van der Waals surface area contributed by atoms with Crippen molar-refractivity contribution < 1.29 is 22.7 Å². The van der Waals surface area contributed by atoms with Gasteiger partial charge < -0.3 is 20.4 Å². The fourth-order valence-electron chi connectivity index (χ4n) is 3.37. The number of aromatic amines is 1. The minimum absolute atomic E-state index is 0.0636. The second kappa shape index (κ2) is 8.82. The first-order valence-corrected chi connectivity index (χ1v) is 10.2. The minimum Gasteiger partial charge on any atom is -0.457 e. The fourth-order valence-corrected chi connectivity index (χ4v) is 3.37. The van der Waals surface area contributed by atoms with Crippen LogP contribution >= 0.6 is 0 Å². The van der Waals surface area contributed by atoms with Gasteiger partial charge in [0.25, 0.3) is 0 Å². The Kier molecular flexibility index (Phi) is 5.53. The molecule has 0 aliphatic heterocycles. The Labute approximate surface area is 195 Å². The number of fused-ring (bicyclic) bond motifs is 1. The number of nitrogens with one attached hydrogen (secondary N) is 3.